The van der Waals surface area contributed by atoms with Gasteiger partial charge in [0.25, 0.3) is 0 Å². The third kappa shape index (κ3) is 2.71. The Morgan fingerprint density at radius 1 is 1.33 bits per heavy atom. The number of piperidine rings is 1. The molecule has 15 heavy (non-hydrogen) atoms. The van der Waals surface area contributed by atoms with Crippen molar-refractivity contribution < 1.29 is 0 Å². The topological polar surface area (TPSA) is 32.5 Å². The Labute approximate surface area is 94.6 Å². The summed E-state index contributed by atoms with van der Waals surface area (Å²) < 4.78 is 0. The summed E-state index contributed by atoms with van der Waals surface area (Å²) in [6.07, 6.45) is 2.48. The van der Waals surface area contributed by atoms with Crippen molar-refractivity contribution in [3.8, 4) is 0 Å². The number of rotatable bonds is 2. The molecule has 0 aliphatic carbocycles. The van der Waals surface area contributed by atoms with Crippen LogP contribution in [0.5, 0.6) is 0 Å². The molecular weight excluding hydrogens is 186 g/mol. The van der Waals surface area contributed by atoms with Crippen LogP contribution in [-0.2, 0) is 0 Å². The van der Waals surface area contributed by atoms with Gasteiger partial charge in [0, 0.05) is 24.2 Å². The van der Waals surface area contributed by atoms with E-state index in [-0.39, 0.29) is 11.1 Å². The van der Waals surface area contributed by atoms with E-state index < -0.39 is 0 Å². The monoisotopic (exact) mass is 213 g/mol. The first-order valence-corrected chi connectivity index (χ1v) is 5.94. The molecule has 1 heterocycles. The Morgan fingerprint density at radius 3 is 2.33 bits per heavy atom. The number of likely N-dealkylation sites (N-methyl/N-ethyl adjacent to an activating group) is 1. The van der Waals surface area contributed by atoms with Gasteiger partial charge in [-0.1, -0.05) is 0 Å². The largest absolute Gasteiger partial charge is 0.329 e. The fourth-order valence-corrected chi connectivity index (χ4v) is 2.40. The van der Waals surface area contributed by atoms with Crippen LogP contribution < -0.4 is 5.73 Å². The van der Waals surface area contributed by atoms with Gasteiger partial charge >= 0.3 is 0 Å². The first kappa shape index (κ1) is 12.9. The average Bonchev–Trinajstić information content (AvgIpc) is 2.16. The van der Waals surface area contributed by atoms with Crippen LogP contribution in [0.15, 0.2) is 0 Å². The van der Waals surface area contributed by atoms with Gasteiger partial charge < -0.3 is 10.6 Å². The van der Waals surface area contributed by atoms with Crippen molar-refractivity contribution in [1.82, 2.24) is 9.80 Å². The normalized spacial score (nSPS) is 29.8. The molecule has 0 aromatic carbocycles. The first-order valence-electron chi connectivity index (χ1n) is 5.94. The van der Waals surface area contributed by atoms with Gasteiger partial charge in [-0.3, -0.25) is 4.90 Å². The summed E-state index contributed by atoms with van der Waals surface area (Å²) in [6.45, 7) is 9.92. The zero-order chi connectivity index (χ0) is 11.7. The van der Waals surface area contributed by atoms with Crippen molar-refractivity contribution in [2.75, 3.05) is 33.7 Å². The van der Waals surface area contributed by atoms with Gasteiger partial charge in [0.2, 0.25) is 0 Å². The van der Waals surface area contributed by atoms with Crippen molar-refractivity contribution in [3.05, 3.63) is 0 Å². The van der Waals surface area contributed by atoms with Crippen LogP contribution in [0, 0.1) is 0 Å². The van der Waals surface area contributed by atoms with E-state index in [2.05, 4.69) is 44.7 Å². The van der Waals surface area contributed by atoms with Gasteiger partial charge in [-0.15, -0.1) is 0 Å². The molecule has 1 aliphatic rings. The van der Waals surface area contributed by atoms with Crippen LogP contribution in [0.4, 0.5) is 0 Å². The highest BCUT2D eigenvalue weighted by Gasteiger charge is 2.39. The van der Waals surface area contributed by atoms with Gasteiger partial charge in [-0.2, -0.15) is 0 Å². The lowest BCUT2D eigenvalue weighted by Crippen LogP contribution is -2.63. The molecule has 0 radical (unpaired) electrons. The zero-order valence-electron chi connectivity index (χ0n) is 11.0. The molecule has 1 aliphatic heterocycles. The molecule has 1 unspecified atom stereocenters. The lowest BCUT2D eigenvalue weighted by Gasteiger charge is -2.50. The van der Waals surface area contributed by atoms with E-state index in [4.69, 9.17) is 5.73 Å². The predicted molar refractivity (Wildman–Crippen MR) is 66.0 cm³/mol. The number of hydrogen-bond acceptors (Lipinski definition) is 3. The summed E-state index contributed by atoms with van der Waals surface area (Å²) in [4.78, 5) is 4.87. The van der Waals surface area contributed by atoms with Gasteiger partial charge in [0.1, 0.15) is 0 Å². The van der Waals surface area contributed by atoms with Crippen LogP contribution in [0.1, 0.15) is 33.6 Å². The number of nitrogens with zero attached hydrogens (tertiary/aromatic N) is 2. The number of nitrogens with two attached hydrogens (primary N) is 1. The molecule has 1 rings (SSSR count). The van der Waals surface area contributed by atoms with Crippen molar-refractivity contribution >= 4 is 0 Å². The van der Waals surface area contributed by atoms with Gasteiger partial charge in [0.05, 0.1) is 0 Å². The fraction of sp³-hybridized carbons (Fsp3) is 1.00. The van der Waals surface area contributed by atoms with Crippen LogP contribution in [0.3, 0.4) is 0 Å². The van der Waals surface area contributed by atoms with Crippen LogP contribution >= 0.6 is 0 Å². The number of hydrogen-bond donors (Lipinski definition) is 1. The molecule has 90 valence electrons. The lowest BCUT2D eigenvalue weighted by molar-refractivity contribution is 0.00561. The van der Waals surface area contributed by atoms with E-state index in [0.717, 1.165) is 13.1 Å². The van der Waals surface area contributed by atoms with Crippen molar-refractivity contribution in [1.29, 1.82) is 0 Å². The highest BCUT2D eigenvalue weighted by atomic mass is 15.3. The highest BCUT2D eigenvalue weighted by Crippen LogP contribution is 2.29. The van der Waals surface area contributed by atoms with Crippen LogP contribution in [0.2, 0.25) is 0 Å². The minimum atomic E-state index is 0.186. The molecule has 0 aromatic heterocycles. The minimum Gasteiger partial charge on any atom is -0.329 e. The predicted octanol–water partition coefficient (Wildman–Crippen LogP) is 1.14. The molecule has 0 aromatic rings. The fourth-order valence-electron chi connectivity index (χ4n) is 2.40. The van der Waals surface area contributed by atoms with Crippen molar-refractivity contribution in [3.63, 3.8) is 0 Å². The zero-order valence-corrected chi connectivity index (χ0v) is 11.0. The van der Waals surface area contributed by atoms with Crippen molar-refractivity contribution in [2.45, 2.75) is 44.7 Å². The lowest BCUT2D eigenvalue weighted by atomic mass is 9.85. The third-order valence-corrected chi connectivity index (χ3v) is 3.83. The second-order valence-corrected chi connectivity index (χ2v) is 6.02. The van der Waals surface area contributed by atoms with Gasteiger partial charge in [-0.05, 0) is 54.3 Å². The van der Waals surface area contributed by atoms with E-state index in [1.807, 2.05) is 0 Å². The Balaban J connectivity index is 2.78. The third-order valence-electron chi connectivity index (χ3n) is 3.83. The average molecular weight is 213 g/mol. The molecule has 3 heteroatoms. The summed E-state index contributed by atoms with van der Waals surface area (Å²) in [5, 5.41) is 0. The van der Waals surface area contributed by atoms with E-state index in [0.29, 0.717) is 0 Å². The minimum absolute atomic E-state index is 0.186. The molecular formula is C12H27N3. The Kier molecular flexibility index (Phi) is 3.80. The second kappa shape index (κ2) is 4.40. The Bertz CT molecular complexity index is 207. The maximum atomic E-state index is 5.98. The Hall–Kier alpha value is -0.120. The molecule has 0 saturated carbocycles. The van der Waals surface area contributed by atoms with Gasteiger partial charge in [-0.25, -0.2) is 0 Å². The maximum Gasteiger partial charge on any atom is 0.0453 e. The van der Waals surface area contributed by atoms with Crippen molar-refractivity contribution in [2.24, 2.45) is 5.73 Å². The van der Waals surface area contributed by atoms with Crippen LogP contribution in [0.25, 0.3) is 0 Å². The maximum absolute atomic E-state index is 5.98. The SMILES string of the molecule is CN(C)C1(CN)CCCN(C(C)(C)C)C1. The van der Waals surface area contributed by atoms with E-state index in [1.165, 1.54) is 19.4 Å². The summed E-state index contributed by atoms with van der Waals surface area (Å²) in [5.74, 6) is 0. The molecule has 1 saturated heterocycles. The quantitative estimate of drug-likeness (QED) is 0.746. The van der Waals surface area contributed by atoms with E-state index in [1.54, 1.807) is 0 Å². The molecule has 0 bridgehead atoms. The summed E-state index contributed by atoms with van der Waals surface area (Å²) in [6, 6.07) is 0. The van der Waals surface area contributed by atoms with E-state index >= 15 is 0 Å². The van der Waals surface area contributed by atoms with Crippen LogP contribution in [-0.4, -0.2) is 54.6 Å². The standard InChI is InChI=1S/C12H27N3/c1-11(2,3)15-8-6-7-12(9-13,10-15)14(4)5/h6-10,13H2,1-5H3. The van der Waals surface area contributed by atoms with E-state index in [9.17, 15) is 0 Å². The Morgan fingerprint density at radius 2 is 1.93 bits per heavy atom. The molecule has 1 atom stereocenters. The second-order valence-electron chi connectivity index (χ2n) is 6.02. The molecule has 0 amide bonds. The molecule has 0 spiro atoms. The molecule has 1 fully saturated rings. The first-order chi connectivity index (χ1) is 6.82. The molecule has 3 nitrogen and oxygen atoms in total. The smallest absolute Gasteiger partial charge is 0.0453 e. The highest BCUT2D eigenvalue weighted by molar-refractivity contribution is 4.98. The summed E-state index contributed by atoms with van der Waals surface area (Å²) in [7, 11) is 4.30. The van der Waals surface area contributed by atoms with Gasteiger partial charge in [0.15, 0.2) is 0 Å². The molecule has 2 N–H and O–H groups in total. The summed E-state index contributed by atoms with van der Waals surface area (Å²) >= 11 is 0. The summed E-state index contributed by atoms with van der Waals surface area (Å²) in [5.41, 5.74) is 6.42. The number of likely N-dealkylation sites (tertiary alicyclic amines) is 1.